The summed E-state index contributed by atoms with van der Waals surface area (Å²) in [6, 6.07) is 10.5. The van der Waals surface area contributed by atoms with Crippen LogP contribution in [-0.4, -0.2) is 30.6 Å². The van der Waals surface area contributed by atoms with Crippen LogP contribution in [0.25, 0.3) is 0 Å². The summed E-state index contributed by atoms with van der Waals surface area (Å²) in [5.41, 5.74) is 0.270. The molecule has 3 amide bonds. The Kier molecular flexibility index (Phi) is 6.80. The fraction of sp³-hybridized carbons (Fsp3) is 0.250. The number of rotatable bonds is 4. The number of benzene rings is 2. The van der Waals surface area contributed by atoms with Crippen LogP contribution in [0.3, 0.4) is 0 Å². The lowest BCUT2D eigenvalue weighted by molar-refractivity contribution is 0.00691. The van der Waals surface area contributed by atoms with Crippen LogP contribution < -0.4 is 15.4 Å². The molecule has 2 rings (SSSR count). The molecule has 2 aromatic carbocycles. The Morgan fingerprint density at radius 2 is 1.71 bits per heavy atom. The zero-order valence-electron chi connectivity index (χ0n) is 16.0. The maximum Gasteiger partial charge on any atom is 0.338 e. The van der Waals surface area contributed by atoms with Crippen LogP contribution in [0, 0.1) is 0 Å². The van der Waals surface area contributed by atoms with Gasteiger partial charge in [-0.15, -0.1) is 0 Å². The molecule has 0 aliphatic heterocycles. The highest BCUT2D eigenvalue weighted by atomic mass is 79.9. The largest absolute Gasteiger partial charge is 0.495 e. The molecule has 0 atom stereocenters. The monoisotopic (exact) mass is 448 g/mol. The molecule has 0 bridgehead atoms. The van der Waals surface area contributed by atoms with Crippen molar-refractivity contribution in [2.24, 2.45) is 0 Å². The van der Waals surface area contributed by atoms with Crippen LogP contribution in [0.4, 0.5) is 10.5 Å². The lowest BCUT2D eigenvalue weighted by Gasteiger charge is -2.20. The summed E-state index contributed by atoms with van der Waals surface area (Å²) in [6.45, 7) is 5.31. The molecule has 8 heteroatoms. The minimum atomic E-state index is -0.732. The van der Waals surface area contributed by atoms with Gasteiger partial charge < -0.3 is 14.8 Å². The van der Waals surface area contributed by atoms with E-state index < -0.39 is 23.5 Å². The summed E-state index contributed by atoms with van der Waals surface area (Å²) < 4.78 is 11.1. The first-order valence-electron chi connectivity index (χ1n) is 8.39. The maximum atomic E-state index is 12.2. The number of hydrogen-bond donors (Lipinski definition) is 2. The Labute approximate surface area is 171 Å². The van der Waals surface area contributed by atoms with Crippen molar-refractivity contribution in [2.75, 3.05) is 12.4 Å². The van der Waals surface area contributed by atoms with Crippen molar-refractivity contribution in [3.8, 4) is 5.75 Å². The predicted molar refractivity (Wildman–Crippen MR) is 109 cm³/mol. The summed E-state index contributed by atoms with van der Waals surface area (Å²) in [4.78, 5) is 36.5. The number of halogens is 1. The molecule has 0 aromatic heterocycles. The third-order valence-corrected chi connectivity index (χ3v) is 4.12. The van der Waals surface area contributed by atoms with Gasteiger partial charge in [0.2, 0.25) is 0 Å². The van der Waals surface area contributed by atoms with E-state index in [4.69, 9.17) is 9.47 Å². The van der Waals surface area contributed by atoms with Gasteiger partial charge in [0, 0.05) is 4.47 Å². The first-order chi connectivity index (χ1) is 13.1. The van der Waals surface area contributed by atoms with E-state index in [9.17, 15) is 14.4 Å². The first kappa shape index (κ1) is 21.4. The third-order valence-electron chi connectivity index (χ3n) is 3.43. The van der Waals surface area contributed by atoms with E-state index in [-0.39, 0.29) is 11.3 Å². The van der Waals surface area contributed by atoms with Crippen LogP contribution in [-0.2, 0) is 4.74 Å². The van der Waals surface area contributed by atoms with Gasteiger partial charge in [-0.3, -0.25) is 10.1 Å². The Morgan fingerprint density at radius 1 is 1.04 bits per heavy atom. The van der Waals surface area contributed by atoms with Crippen molar-refractivity contribution < 1.29 is 23.9 Å². The normalized spacial score (nSPS) is 10.8. The van der Waals surface area contributed by atoms with Gasteiger partial charge in [-0.2, -0.15) is 0 Å². The summed E-state index contributed by atoms with van der Waals surface area (Å²) in [5.74, 6) is -0.813. The minimum Gasteiger partial charge on any atom is -0.495 e. The fourth-order valence-electron chi connectivity index (χ4n) is 2.23. The summed E-state index contributed by atoms with van der Waals surface area (Å²) in [7, 11) is 1.41. The van der Waals surface area contributed by atoms with Crippen molar-refractivity contribution in [3.63, 3.8) is 0 Å². The lowest BCUT2D eigenvalue weighted by Crippen LogP contribution is -2.34. The van der Waals surface area contributed by atoms with Crippen molar-refractivity contribution in [1.82, 2.24) is 5.32 Å². The second-order valence-electron chi connectivity index (χ2n) is 6.81. The van der Waals surface area contributed by atoms with E-state index in [1.807, 2.05) is 0 Å². The molecule has 0 spiro atoms. The van der Waals surface area contributed by atoms with Crippen molar-refractivity contribution in [3.05, 3.63) is 58.1 Å². The molecule has 0 radical (unpaired) electrons. The average Bonchev–Trinajstić information content (AvgIpc) is 2.60. The summed E-state index contributed by atoms with van der Waals surface area (Å²) in [5, 5.41) is 4.77. The first-order valence-corrected chi connectivity index (χ1v) is 9.18. The SMILES string of the molecule is COc1cc(C(=O)OC(C)(C)C)ccc1NC(=O)NC(=O)c1ccccc1Br. The van der Waals surface area contributed by atoms with Crippen LogP contribution in [0.5, 0.6) is 5.75 Å². The molecule has 28 heavy (non-hydrogen) atoms. The Balaban J connectivity index is 2.11. The molecule has 0 unspecified atom stereocenters. The highest BCUT2D eigenvalue weighted by Crippen LogP contribution is 2.26. The molecule has 2 N–H and O–H groups in total. The smallest absolute Gasteiger partial charge is 0.338 e. The maximum absolute atomic E-state index is 12.2. The van der Waals surface area contributed by atoms with Crippen LogP contribution >= 0.6 is 15.9 Å². The molecule has 0 aliphatic rings. The number of carbonyl (C=O) groups is 3. The number of urea groups is 1. The predicted octanol–water partition coefficient (Wildman–Crippen LogP) is 4.37. The number of nitrogens with one attached hydrogen (secondary N) is 2. The number of imide groups is 1. The van der Waals surface area contributed by atoms with E-state index in [0.717, 1.165) is 0 Å². The van der Waals surface area contributed by atoms with Gasteiger partial charge >= 0.3 is 12.0 Å². The molecule has 0 aliphatic carbocycles. The van der Waals surface area contributed by atoms with Crippen LogP contribution in [0.1, 0.15) is 41.5 Å². The number of hydrogen-bond acceptors (Lipinski definition) is 5. The number of carbonyl (C=O) groups excluding carboxylic acids is 3. The van der Waals surface area contributed by atoms with Gasteiger partial charge in [0.15, 0.2) is 0 Å². The van der Waals surface area contributed by atoms with Gasteiger partial charge in [-0.25, -0.2) is 9.59 Å². The molecular weight excluding hydrogens is 428 g/mol. The number of methoxy groups -OCH3 is 1. The Hall–Kier alpha value is -2.87. The Bertz CT molecular complexity index is 906. The molecule has 0 saturated carbocycles. The van der Waals surface area contributed by atoms with E-state index in [0.29, 0.717) is 15.7 Å². The van der Waals surface area contributed by atoms with E-state index in [1.165, 1.54) is 25.3 Å². The van der Waals surface area contributed by atoms with E-state index >= 15 is 0 Å². The zero-order chi connectivity index (χ0) is 20.9. The number of esters is 1. The van der Waals surface area contributed by atoms with Gasteiger partial charge in [-0.1, -0.05) is 12.1 Å². The Morgan fingerprint density at radius 3 is 2.32 bits per heavy atom. The third kappa shape index (κ3) is 5.82. The van der Waals surface area contributed by atoms with Gasteiger partial charge in [0.1, 0.15) is 11.4 Å². The number of ether oxygens (including phenoxy) is 2. The number of anilines is 1. The highest BCUT2D eigenvalue weighted by Gasteiger charge is 2.20. The zero-order valence-corrected chi connectivity index (χ0v) is 17.5. The second kappa shape index (κ2) is 8.88. The van der Waals surface area contributed by atoms with E-state index in [2.05, 4.69) is 26.6 Å². The molecule has 0 saturated heterocycles. The highest BCUT2D eigenvalue weighted by molar-refractivity contribution is 9.10. The molecule has 0 fully saturated rings. The van der Waals surface area contributed by atoms with Crippen molar-refractivity contribution in [2.45, 2.75) is 26.4 Å². The van der Waals surface area contributed by atoms with Crippen molar-refractivity contribution in [1.29, 1.82) is 0 Å². The molecule has 0 heterocycles. The standard InChI is InChI=1S/C20H21BrN2O5/c1-20(2,3)28-18(25)12-9-10-15(16(11-12)27-4)22-19(26)23-17(24)13-7-5-6-8-14(13)21/h5-11H,1-4H3,(H2,22,23,24,26). The van der Waals surface area contributed by atoms with E-state index in [1.54, 1.807) is 45.0 Å². The average molecular weight is 449 g/mol. The van der Waals surface area contributed by atoms with Gasteiger partial charge in [-0.05, 0) is 67.0 Å². The quantitative estimate of drug-likeness (QED) is 0.676. The molecular formula is C20H21BrN2O5. The molecule has 148 valence electrons. The molecule has 7 nitrogen and oxygen atoms in total. The summed E-state index contributed by atoms with van der Waals surface area (Å²) >= 11 is 3.26. The van der Waals surface area contributed by atoms with Crippen molar-refractivity contribution >= 4 is 39.5 Å². The second-order valence-corrected chi connectivity index (χ2v) is 7.66. The summed E-state index contributed by atoms with van der Waals surface area (Å²) in [6.07, 6.45) is 0. The fourth-order valence-corrected chi connectivity index (χ4v) is 2.69. The van der Waals surface area contributed by atoms with Gasteiger partial charge in [0.05, 0.1) is 23.9 Å². The topological polar surface area (TPSA) is 93.7 Å². The lowest BCUT2D eigenvalue weighted by atomic mass is 10.1. The number of amides is 3. The minimum absolute atomic E-state index is 0.256. The van der Waals surface area contributed by atoms with Gasteiger partial charge in [0.25, 0.3) is 5.91 Å². The van der Waals surface area contributed by atoms with Crippen LogP contribution in [0.2, 0.25) is 0 Å². The van der Waals surface area contributed by atoms with Crippen LogP contribution in [0.15, 0.2) is 46.9 Å². The molecule has 2 aromatic rings.